The zero-order chi connectivity index (χ0) is 13.3. The topological polar surface area (TPSA) is 46.2 Å². The molecule has 2 nitrogen and oxygen atoms in total. The van der Waals surface area contributed by atoms with Crippen molar-refractivity contribution < 1.29 is 5.11 Å². The van der Waals surface area contributed by atoms with Crippen molar-refractivity contribution in [3.05, 3.63) is 34.9 Å². The summed E-state index contributed by atoms with van der Waals surface area (Å²) < 4.78 is 0. The third-order valence-electron chi connectivity index (χ3n) is 3.72. The zero-order valence-electron chi connectivity index (χ0n) is 11.7. The molecule has 0 amide bonds. The Bertz CT molecular complexity index is 392. The SMILES string of the molecule is Cc1ccc(C)c(CC(O)(CN)C(C)(C)C)c1. The van der Waals surface area contributed by atoms with Crippen molar-refractivity contribution in [2.24, 2.45) is 11.1 Å². The Kier molecular flexibility index (Phi) is 4.00. The molecule has 0 spiro atoms. The molecular formula is C15H25NO. The fourth-order valence-electron chi connectivity index (χ4n) is 1.95. The molecule has 0 saturated carbocycles. The third-order valence-corrected chi connectivity index (χ3v) is 3.72. The zero-order valence-corrected chi connectivity index (χ0v) is 11.7. The van der Waals surface area contributed by atoms with Gasteiger partial charge in [0, 0.05) is 13.0 Å². The Labute approximate surface area is 105 Å². The smallest absolute Gasteiger partial charge is 0.0857 e. The lowest BCUT2D eigenvalue weighted by Crippen LogP contribution is -2.51. The Balaban J connectivity index is 3.07. The van der Waals surface area contributed by atoms with Crippen LogP contribution in [0.1, 0.15) is 37.5 Å². The van der Waals surface area contributed by atoms with Crippen molar-refractivity contribution in [1.82, 2.24) is 0 Å². The van der Waals surface area contributed by atoms with Gasteiger partial charge in [-0.2, -0.15) is 0 Å². The van der Waals surface area contributed by atoms with E-state index in [1.165, 1.54) is 16.7 Å². The van der Waals surface area contributed by atoms with Crippen molar-refractivity contribution in [2.75, 3.05) is 6.54 Å². The van der Waals surface area contributed by atoms with Gasteiger partial charge in [0.15, 0.2) is 0 Å². The monoisotopic (exact) mass is 235 g/mol. The third kappa shape index (κ3) is 3.08. The van der Waals surface area contributed by atoms with E-state index in [1.54, 1.807) is 0 Å². The van der Waals surface area contributed by atoms with Gasteiger partial charge < -0.3 is 10.8 Å². The minimum atomic E-state index is -0.856. The number of aryl methyl sites for hydroxylation is 2. The number of aliphatic hydroxyl groups is 1. The molecular weight excluding hydrogens is 210 g/mol. The van der Waals surface area contributed by atoms with Gasteiger partial charge in [-0.3, -0.25) is 0 Å². The quantitative estimate of drug-likeness (QED) is 0.846. The van der Waals surface area contributed by atoms with Crippen LogP contribution in [0.2, 0.25) is 0 Å². The molecule has 1 atom stereocenters. The highest BCUT2D eigenvalue weighted by Crippen LogP contribution is 2.33. The molecule has 0 fully saturated rings. The van der Waals surface area contributed by atoms with E-state index < -0.39 is 5.60 Å². The van der Waals surface area contributed by atoms with Crippen LogP contribution in [0.5, 0.6) is 0 Å². The summed E-state index contributed by atoms with van der Waals surface area (Å²) in [5.41, 5.74) is 8.32. The van der Waals surface area contributed by atoms with Crippen molar-refractivity contribution in [3.8, 4) is 0 Å². The lowest BCUT2D eigenvalue weighted by atomic mass is 9.72. The van der Waals surface area contributed by atoms with Crippen molar-refractivity contribution in [2.45, 2.75) is 46.6 Å². The maximum Gasteiger partial charge on any atom is 0.0857 e. The highest BCUT2D eigenvalue weighted by molar-refractivity contribution is 5.32. The summed E-state index contributed by atoms with van der Waals surface area (Å²) in [6, 6.07) is 6.34. The molecule has 0 aromatic heterocycles. The Morgan fingerprint density at radius 2 is 1.76 bits per heavy atom. The fourth-order valence-corrected chi connectivity index (χ4v) is 1.95. The van der Waals surface area contributed by atoms with E-state index >= 15 is 0 Å². The molecule has 0 saturated heterocycles. The first-order valence-corrected chi connectivity index (χ1v) is 6.18. The lowest BCUT2D eigenvalue weighted by Gasteiger charge is -2.40. The van der Waals surface area contributed by atoms with Crippen LogP contribution in [0.25, 0.3) is 0 Å². The molecule has 0 aliphatic rings. The summed E-state index contributed by atoms with van der Waals surface area (Å²) in [5.74, 6) is 0. The first-order chi connectivity index (χ1) is 7.69. The van der Waals surface area contributed by atoms with Crippen LogP contribution in [0, 0.1) is 19.3 Å². The maximum absolute atomic E-state index is 10.7. The molecule has 1 unspecified atom stereocenters. The summed E-state index contributed by atoms with van der Waals surface area (Å²) in [6.45, 7) is 10.5. The number of nitrogens with two attached hydrogens (primary N) is 1. The van der Waals surface area contributed by atoms with Crippen LogP contribution >= 0.6 is 0 Å². The molecule has 0 radical (unpaired) electrons. The summed E-state index contributed by atoms with van der Waals surface area (Å²) in [4.78, 5) is 0. The highest BCUT2D eigenvalue weighted by atomic mass is 16.3. The molecule has 0 aliphatic carbocycles. The Hall–Kier alpha value is -0.860. The van der Waals surface area contributed by atoms with Gasteiger partial charge in [-0.05, 0) is 30.4 Å². The van der Waals surface area contributed by atoms with Crippen LogP contribution in [-0.4, -0.2) is 17.3 Å². The standard InChI is InChI=1S/C15H25NO/c1-11-6-7-12(2)13(8-11)9-15(17,10-16)14(3,4)5/h6-8,17H,9-10,16H2,1-5H3. The van der Waals surface area contributed by atoms with Crippen LogP contribution in [-0.2, 0) is 6.42 Å². The average molecular weight is 235 g/mol. The van der Waals surface area contributed by atoms with Crippen molar-refractivity contribution in [3.63, 3.8) is 0 Å². The second kappa shape index (κ2) is 4.79. The van der Waals surface area contributed by atoms with Crippen molar-refractivity contribution in [1.29, 1.82) is 0 Å². The van der Waals surface area contributed by atoms with Gasteiger partial charge in [0.25, 0.3) is 0 Å². The van der Waals surface area contributed by atoms with Gasteiger partial charge in [-0.1, -0.05) is 44.5 Å². The minimum absolute atomic E-state index is 0.224. The second-order valence-electron chi connectivity index (χ2n) is 6.09. The molecule has 3 N–H and O–H groups in total. The highest BCUT2D eigenvalue weighted by Gasteiger charge is 2.38. The van der Waals surface area contributed by atoms with Crippen molar-refractivity contribution >= 4 is 0 Å². The molecule has 0 heterocycles. The molecule has 96 valence electrons. The van der Waals surface area contributed by atoms with E-state index in [4.69, 9.17) is 5.73 Å². The van der Waals surface area contributed by atoms with Crippen LogP contribution < -0.4 is 5.73 Å². The lowest BCUT2D eigenvalue weighted by molar-refractivity contribution is -0.0491. The second-order valence-corrected chi connectivity index (χ2v) is 6.09. The summed E-state index contributed by atoms with van der Waals surface area (Å²) >= 11 is 0. The minimum Gasteiger partial charge on any atom is -0.388 e. The molecule has 17 heavy (non-hydrogen) atoms. The molecule has 1 rings (SSSR count). The van der Waals surface area contributed by atoms with E-state index in [2.05, 4.69) is 32.0 Å². The van der Waals surface area contributed by atoms with E-state index in [0.29, 0.717) is 6.42 Å². The first kappa shape index (κ1) is 14.2. The maximum atomic E-state index is 10.7. The summed E-state index contributed by atoms with van der Waals surface area (Å²) in [7, 11) is 0. The summed E-state index contributed by atoms with van der Waals surface area (Å²) in [6.07, 6.45) is 0.612. The Morgan fingerprint density at radius 1 is 1.18 bits per heavy atom. The van der Waals surface area contributed by atoms with Gasteiger partial charge >= 0.3 is 0 Å². The van der Waals surface area contributed by atoms with Gasteiger partial charge in [0.2, 0.25) is 0 Å². The van der Waals surface area contributed by atoms with Gasteiger partial charge in [0.05, 0.1) is 5.60 Å². The number of rotatable bonds is 3. The van der Waals surface area contributed by atoms with Gasteiger partial charge in [-0.15, -0.1) is 0 Å². The average Bonchev–Trinajstić information content (AvgIpc) is 2.21. The predicted octanol–water partition coefficient (Wildman–Crippen LogP) is 2.58. The van der Waals surface area contributed by atoms with Crippen LogP contribution in [0.4, 0.5) is 0 Å². The molecule has 1 aromatic carbocycles. The molecule has 2 heteroatoms. The van der Waals surface area contributed by atoms with Crippen LogP contribution in [0.3, 0.4) is 0 Å². The largest absolute Gasteiger partial charge is 0.388 e. The number of hydrogen-bond acceptors (Lipinski definition) is 2. The van der Waals surface area contributed by atoms with Crippen LogP contribution in [0.15, 0.2) is 18.2 Å². The molecule has 0 bridgehead atoms. The number of benzene rings is 1. The van der Waals surface area contributed by atoms with E-state index in [1.807, 2.05) is 20.8 Å². The normalized spacial score (nSPS) is 15.7. The number of hydrogen-bond donors (Lipinski definition) is 2. The predicted molar refractivity (Wildman–Crippen MR) is 73.1 cm³/mol. The first-order valence-electron chi connectivity index (χ1n) is 6.18. The van der Waals surface area contributed by atoms with Gasteiger partial charge in [-0.25, -0.2) is 0 Å². The van der Waals surface area contributed by atoms with E-state index in [-0.39, 0.29) is 12.0 Å². The fraction of sp³-hybridized carbons (Fsp3) is 0.600. The molecule has 1 aromatic rings. The van der Waals surface area contributed by atoms with Gasteiger partial charge in [0.1, 0.15) is 0 Å². The summed E-state index contributed by atoms with van der Waals surface area (Å²) in [5, 5.41) is 10.7. The Morgan fingerprint density at radius 3 is 2.24 bits per heavy atom. The molecule has 0 aliphatic heterocycles. The van der Waals surface area contributed by atoms with E-state index in [0.717, 1.165) is 0 Å². The van der Waals surface area contributed by atoms with E-state index in [9.17, 15) is 5.11 Å².